The Morgan fingerprint density at radius 1 is 1.54 bits per heavy atom. The van der Waals surface area contributed by atoms with Gasteiger partial charge in [0.15, 0.2) is 5.70 Å². The lowest BCUT2D eigenvalue weighted by Gasteiger charge is -2.37. The van der Waals surface area contributed by atoms with Gasteiger partial charge in [-0.15, -0.1) is 5.11 Å². The molecule has 9 heteroatoms. The summed E-state index contributed by atoms with van der Waals surface area (Å²) in [6.45, 7) is 2.80. The van der Waals surface area contributed by atoms with Crippen molar-refractivity contribution in [2.75, 3.05) is 19.8 Å². The summed E-state index contributed by atoms with van der Waals surface area (Å²) in [7, 11) is 0. The van der Waals surface area contributed by atoms with Crippen LogP contribution in [0, 0.1) is 5.53 Å². The molecule has 1 saturated heterocycles. The molecule has 1 saturated carbocycles. The van der Waals surface area contributed by atoms with Crippen LogP contribution in [0.4, 0.5) is 0 Å². The van der Waals surface area contributed by atoms with E-state index in [2.05, 4.69) is 27.7 Å². The fraction of sp³-hybridized carbons (Fsp3) is 0.474. The molecule has 0 unspecified atom stereocenters. The first-order chi connectivity index (χ1) is 13.5. The molecule has 0 bridgehead atoms. The van der Waals surface area contributed by atoms with Gasteiger partial charge in [0, 0.05) is 24.2 Å². The van der Waals surface area contributed by atoms with Crippen LogP contribution in [0.15, 0.2) is 35.5 Å². The van der Waals surface area contributed by atoms with Crippen molar-refractivity contribution >= 4 is 11.6 Å². The van der Waals surface area contributed by atoms with Crippen LogP contribution in [-0.2, 0) is 26.4 Å². The SMILES string of the molecule is CCOC(=O)/C(=C/NCc1cn2cc(C3CC3)cc(C3(O)COC3)c2n1)N=N. The third-order valence-electron chi connectivity index (χ3n) is 4.98. The number of aliphatic hydroxyl groups is 1. The molecule has 28 heavy (non-hydrogen) atoms. The van der Waals surface area contributed by atoms with Gasteiger partial charge in [-0.05, 0) is 37.3 Å². The molecule has 3 N–H and O–H groups in total. The Bertz CT molecular complexity index is 943. The zero-order valence-electron chi connectivity index (χ0n) is 15.6. The van der Waals surface area contributed by atoms with Crippen LogP contribution < -0.4 is 5.32 Å². The van der Waals surface area contributed by atoms with Crippen LogP contribution in [0.5, 0.6) is 0 Å². The van der Waals surface area contributed by atoms with Crippen molar-refractivity contribution in [1.29, 1.82) is 5.53 Å². The van der Waals surface area contributed by atoms with Gasteiger partial charge < -0.3 is 24.3 Å². The standard InChI is InChI=1S/C19H23N5O4/c1-2-28-18(25)16(23-20)7-21-6-14-9-24-8-13(12-3-4-12)5-15(17(24)22-14)19(26)10-27-11-19/h5,7-9,12,20-21,26H,2-4,6,10-11H2,1H3/b16-7-,23-20?. The van der Waals surface area contributed by atoms with E-state index < -0.39 is 11.6 Å². The Morgan fingerprint density at radius 3 is 2.93 bits per heavy atom. The fourth-order valence-corrected chi connectivity index (χ4v) is 3.28. The number of carbonyl (C=O) groups excluding carboxylic acids is 1. The molecule has 2 aliphatic rings. The van der Waals surface area contributed by atoms with E-state index in [4.69, 9.17) is 15.0 Å². The Kier molecular flexibility index (Phi) is 4.86. The molecule has 0 aromatic carbocycles. The molecule has 4 rings (SSSR count). The summed E-state index contributed by atoms with van der Waals surface area (Å²) >= 11 is 0. The molecular formula is C19H23N5O4. The van der Waals surface area contributed by atoms with Gasteiger partial charge in [-0.1, -0.05) is 0 Å². The van der Waals surface area contributed by atoms with Gasteiger partial charge in [0.1, 0.15) is 11.2 Å². The summed E-state index contributed by atoms with van der Waals surface area (Å²) < 4.78 is 12.0. The highest BCUT2D eigenvalue weighted by molar-refractivity contribution is 5.87. The normalized spacial score (nSPS) is 18.6. The molecular weight excluding hydrogens is 362 g/mol. The van der Waals surface area contributed by atoms with Crippen molar-refractivity contribution in [3.63, 3.8) is 0 Å². The molecule has 0 amide bonds. The smallest absolute Gasteiger partial charge is 0.360 e. The monoisotopic (exact) mass is 385 g/mol. The molecule has 0 atom stereocenters. The zero-order chi connectivity index (χ0) is 19.7. The maximum Gasteiger partial charge on any atom is 0.360 e. The van der Waals surface area contributed by atoms with Crippen molar-refractivity contribution in [3.05, 3.63) is 47.2 Å². The molecule has 2 aromatic rings. The maximum absolute atomic E-state index is 11.7. The Hall–Kier alpha value is -2.78. The third-order valence-corrected chi connectivity index (χ3v) is 4.98. The number of fused-ring (bicyclic) bond motifs is 1. The summed E-state index contributed by atoms with van der Waals surface area (Å²) in [5, 5.41) is 17.0. The van der Waals surface area contributed by atoms with Gasteiger partial charge in [0.2, 0.25) is 0 Å². The number of hydrogen-bond donors (Lipinski definition) is 3. The van der Waals surface area contributed by atoms with Crippen LogP contribution in [0.2, 0.25) is 0 Å². The van der Waals surface area contributed by atoms with Crippen LogP contribution in [0.3, 0.4) is 0 Å². The van der Waals surface area contributed by atoms with Crippen LogP contribution >= 0.6 is 0 Å². The second-order valence-corrected chi connectivity index (χ2v) is 7.19. The number of esters is 1. The molecule has 3 heterocycles. The number of ether oxygens (including phenoxy) is 2. The molecule has 2 fully saturated rings. The maximum atomic E-state index is 11.7. The number of carbonyl (C=O) groups is 1. The molecule has 2 aromatic heterocycles. The average molecular weight is 385 g/mol. The summed E-state index contributed by atoms with van der Waals surface area (Å²) in [4.78, 5) is 16.3. The Labute approximate surface area is 161 Å². The summed E-state index contributed by atoms with van der Waals surface area (Å²) in [5.41, 5.74) is 9.42. The van der Waals surface area contributed by atoms with E-state index in [1.165, 1.54) is 24.6 Å². The van der Waals surface area contributed by atoms with Gasteiger partial charge >= 0.3 is 5.97 Å². The number of rotatable bonds is 8. The van der Waals surface area contributed by atoms with E-state index in [0.29, 0.717) is 18.1 Å². The van der Waals surface area contributed by atoms with Gasteiger partial charge in [-0.25, -0.2) is 15.3 Å². The quantitative estimate of drug-likeness (QED) is 0.363. The second kappa shape index (κ2) is 7.33. The number of imidazole rings is 1. The predicted octanol–water partition coefficient (Wildman–Crippen LogP) is 1.95. The minimum atomic E-state index is -0.997. The number of nitrogens with one attached hydrogen (secondary N) is 2. The molecule has 1 aliphatic heterocycles. The van der Waals surface area contributed by atoms with Crippen LogP contribution in [-0.4, -0.2) is 40.3 Å². The topological polar surface area (TPSA) is 121 Å². The van der Waals surface area contributed by atoms with Crippen LogP contribution in [0.25, 0.3) is 5.65 Å². The molecule has 1 aliphatic carbocycles. The van der Waals surface area contributed by atoms with E-state index >= 15 is 0 Å². The lowest BCUT2D eigenvalue weighted by atomic mass is 9.91. The summed E-state index contributed by atoms with van der Waals surface area (Å²) in [5.74, 6) is -0.103. The van der Waals surface area contributed by atoms with Gasteiger partial charge in [0.25, 0.3) is 0 Å². The highest BCUT2D eigenvalue weighted by Gasteiger charge is 2.41. The van der Waals surface area contributed by atoms with Crippen molar-refractivity contribution in [2.45, 2.75) is 37.8 Å². The molecule has 0 radical (unpaired) electrons. The van der Waals surface area contributed by atoms with E-state index in [-0.39, 0.29) is 25.5 Å². The van der Waals surface area contributed by atoms with Crippen LogP contribution in [0.1, 0.15) is 42.5 Å². The molecule has 9 nitrogen and oxygen atoms in total. The van der Waals surface area contributed by atoms with Gasteiger partial charge in [0.05, 0.1) is 32.1 Å². The highest BCUT2D eigenvalue weighted by Crippen LogP contribution is 2.42. The Balaban J connectivity index is 1.58. The molecule has 0 spiro atoms. The average Bonchev–Trinajstić information content (AvgIpc) is 3.42. The summed E-state index contributed by atoms with van der Waals surface area (Å²) in [6.07, 6.45) is 7.64. The minimum absolute atomic E-state index is 0.108. The predicted molar refractivity (Wildman–Crippen MR) is 98.6 cm³/mol. The first-order valence-corrected chi connectivity index (χ1v) is 9.34. The van der Waals surface area contributed by atoms with E-state index in [1.807, 2.05) is 10.6 Å². The minimum Gasteiger partial charge on any atom is -0.461 e. The van der Waals surface area contributed by atoms with Crippen molar-refractivity contribution in [1.82, 2.24) is 14.7 Å². The van der Waals surface area contributed by atoms with E-state index in [9.17, 15) is 9.90 Å². The lowest BCUT2D eigenvalue weighted by molar-refractivity contribution is -0.184. The van der Waals surface area contributed by atoms with Crippen molar-refractivity contribution < 1.29 is 19.4 Å². The first kappa shape index (κ1) is 18.6. The lowest BCUT2D eigenvalue weighted by Crippen LogP contribution is -2.46. The fourth-order valence-electron chi connectivity index (χ4n) is 3.28. The van der Waals surface area contributed by atoms with Gasteiger partial charge in [-0.2, -0.15) is 0 Å². The number of nitrogens with zero attached hydrogens (tertiary/aromatic N) is 3. The Morgan fingerprint density at radius 2 is 2.32 bits per heavy atom. The van der Waals surface area contributed by atoms with Crippen molar-refractivity contribution in [2.24, 2.45) is 5.11 Å². The largest absolute Gasteiger partial charge is 0.461 e. The third kappa shape index (κ3) is 3.50. The second-order valence-electron chi connectivity index (χ2n) is 7.19. The number of aromatic nitrogens is 2. The molecule has 148 valence electrons. The van der Waals surface area contributed by atoms with E-state index in [0.717, 1.165) is 11.3 Å². The summed E-state index contributed by atoms with van der Waals surface area (Å²) in [6, 6.07) is 2.05. The van der Waals surface area contributed by atoms with Gasteiger partial charge in [-0.3, -0.25) is 0 Å². The number of pyridine rings is 1. The zero-order valence-corrected chi connectivity index (χ0v) is 15.6. The highest BCUT2D eigenvalue weighted by atomic mass is 16.5. The number of hydrogen-bond acceptors (Lipinski definition) is 8. The first-order valence-electron chi connectivity index (χ1n) is 9.34. The van der Waals surface area contributed by atoms with E-state index in [1.54, 1.807) is 6.92 Å². The van der Waals surface area contributed by atoms with Crippen molar-refractivity contribution in [3.8, 4) is 0 Å².